The summed E-state index contributed by atoms with van der Waals surface area (Å²) in [7, 11) is 2.03. The van der Waals surface area contributed by atoms with Crippen LogP contribution in [0.1, 0.15) is 26.2 Å². The third-order valence-electron chi connectivity index (χ3n) is 3.83. The molecule has 1 aliphatic heterocycles. The third kappa shape index (κ3) is 3.87. The van der Waals surface area contributed by atoms with E-state index in [9.17, 15) is 0 Å². The van der Waals surface area contributed by atoms with Crippen LogP contribution in [0.4, 0.5) is 5.69 Å². The summed E-state index contributed by atoms with van der Waals surface area (Å²) < 4.78 is 5.75. The molecule has 0 radical (unpaired) electrons. The topological polar surface area (TPSA) is 24.5 Å². The molecule has 0 amide bonds. The lowest BCUT2D eigenvalue weighted by atomic mass is 9.94. The Morgan fingerprint density at radius 3 is 3.00 bits per heavy atom. The summed E-state index contributed by atoms with van der Waals surface area (Å²) in [6, 6.07) is 8.42. The number of hydrogen-bond donors (Lipinski definition) is 1. The molecular formula is C16H26N2O. The molecule has 1 saturated heterocycles. The minimum Gasteiger partial charge on any atom is -0.492 e. The van der Waals surface area contributed by atoms with Crippen molar-refractivity contribution in [3.8, 4) is 5.75 Å². The summed E-state index contributed by atoms with van der Waals surface area (Å²) in [6.07, 6.45) is 3.91. The van der Waals surface area contributed by atoms with Gasteiger partial charge in [-0.1, -0.05) is 12.1 Å². The molecule has 0 saturated carbocycles. The standard InChI is InChI=1S/C16H26N2O/c1-3-19-16-9-5-4-8-15(16)18-12-6-7-14(13-18)10-11-17-2/h4-5,8-9,14,17H,3,6-7,10-13H2,1-2H3. The summed E-state index contributed by atoms with van der Waals surface area (Å²) in [5.74, 6) is 1.83. The van der Waals surface area contributed by atoms with E-state index in [1.165, 1.54) is 24.9 Å². The molecule has 1 aromatic carbocycles. The molecule has 1 fully saturated rings. The summed E-state index contributed by atoms with van der Waals surface area (Å²) >= 11 is 0. The Balaban J connectivity index is 2.04. The van der Waals surface area contributed by atoms with Gasteiger partial charge in [-0.25, -0.2) is 0 Å². The Morgan fingerprint density at radius 1 is 1.37 bits per heavy atom. The summed E-state index contributed by atoms with van der Waals surface area (Å²) in [4.78, 5) is 2.49. The number of anilines is 1. The van der Waals surface area contributed by atoms with E-state index in [4.69, 9.17) is 4.74 Å². The average Bonchev–Trinajstić information content (AvgIpc) is 2.46. The molecule has 0 spiro atoms. The van der Waals surface area contributed by atoms with Crippen LogP contribution in [0, 0.1) is 5.92 Å². The molecule has 0 aromatic heterocycles. The van der Waals surface area contributed by atoms with Gasteiger partial charge in [-0.2, -0.15) is 0 Å². The number of rotatable bonds is 6. The van der Waals surface area contributed by atoms with Crippen molar-refractivity contribution in [3.63, 3.8) is 0 Å². The van der Waals surface area contributed by atoms with Crippen molar-refractivity contribution >= 4 is 5.69 Å². The number of nitrogens with one attached hydrogen (secondary N) is 1. The van der Waals surface area contributed by atoms with Crippen molar-refractivity contribution in [1.82, 2.24) is 5.32 Å². The van der Waals surface area contributed by atoms with Crippen LogP contribution in [0.3, 0.4) is 0 Å². The van der Waals surface area contributed by atoms with Gasteiger partial charge in [0.25, 0.3) is 0 Å². The van der Waals surface area contributed by atoms with Gasteiger partial charge in [0.15, 0.2) is 0 Å². The highest BCUT2D eigenvalue weighted by molar-refractivity contribution is 5.58. The second-order valence-electron chi connectivity index (χ2n) is 5.25. The number of para-hydroxylation sites is 2. The van der Waals surface area contributed by atoms with Crippen molar-refractivity contribution < 1.29 is 4.74 Å². The molecule has 1 aliphatic rings. The quantitative estimate of drug-likeness (QED) is 0.853. The van der Waals surface area contributed by atoms with Gasteiger partial charge in [-0.3, -0.25) is 0 Å². The molecule has 1 heterocycles. The fourth-order valence-corrected chi connectivity index (χ4v) is 2.86. The highest BCUT2D eigenvalue weighted by Crippen LogP contribution is 2.32. The zero-order valence-electron chi connectivity index (χ0n) is 12.2. The normalized spacial score (nSPS) is 19.5. The Bertz CT molecular complexity index is 381. The minimum absolute atomic E-state index is 0.730. The van der Waals surface area contributed by atoms with E-state index in [2.05, 4.69) is 34.5 Å². The molecule has 106 valence electrons. The van der Waals surface area contributed by atoms with Gasteiger partial charge in [0, 0.05) is 13.1 Å². The highest BCUT2D eigenvalue weighted by Gasteiger charge is 2.21. The zero-order valence-corrected chi connectivity index (χ0v) is 12.2. The molecular weight excluding hydrogens is 236 g/mol. The number of benzene rings is 1. The number of hydrogen-bond acceptors (Lipinski definition) is 3. The van der Waals surface area contributed by atoms with Gasteiger partial charge in [-0.15, -0.1) is 0 Å². The Morgan fingerprint density at radius 2 is 2.21 bits per heavy atom. The van der Waals surface area contributed by atoms with E-state index in [1.807, 2.05) is 14.0 Å². The fraction of sp³-hybridized carbons (Fsp3) is 0.625. The Kier molecular flexibility index (Phi) is 5.52. The molecule has 1 aromatic rings. The van der Waals surface area contributed by atoms with Crippen LogP contribution < -0.4 is 15.0 Å². The van der Waals surface area contributed by atoms with E-state index in [1.54, 1.807) is 0 Å². The molecule has 0 bridgehead atoms. The lowest BCUT2D eigenvalue weighted by Crippen LogP contribution is -2.36. The van der Waals surface area contributed by atoms with Crippen LogP contribution in [-0.4, -0.2) is 33.3 Å². The summed E-state index contributed by atoms with van der Waals surface area (Å²) in [6.45, 7) is 6.20. The molecule has 1 unspecified atom stereocenters. The minimum atomic E-state index is 0.730. The first-order valence-electron chi connectivity index (χ1n) is 7.46. The zero-order chi connectivity index (χ0) is 13.5. The molecule has 1 N–H and O–H groups in total. The van der Waals surface area contributed by atoms with Crippen LogP contribution in [0.5, 0.6) is 5.75 Å². The highest BCUT2D eigenvalue weighted by atomic mass is 16.5. The molecule has 19 heavy (non-hydrogen) atoms. The van der Waals surface area contributed by atoms with Crippen molar-refractivity contribution in [2.24, 2.45) is 5.92 Å². The van der Waals surface area contributed by atoms with E-state index in [0.29, 0.717) is 0 Å². The molecule has 3 heteroatoms. The molecule has 1 atom stereocenters. The van der Waals surface area contributed by atoms with Gasteiger partial charge in [-0.05, 0) is 57.8 Å². The van der Waals surface area contributed by atoms with E-state index < -0.39 is 0 Å². The van der Waals surface area contributed by atoms with Crippen molar-refractivity contribution in [2.75, 3.05) is 38.2 Å². The predicted octanol–water partition coefficient (Wildman–Crippen LogP) is 2.91. The van der Waals surface area contributed by atoms with E-state index >= 15 is 0 Å². The number of nitrogens with zero attached hydrogens (tertiary/aromatic N) is 1. The van der Waals surface area contributed by atoms with Crippen molar-refractivity contribution in [1.29, 1.82) is 0 Å². The second-order valence-corrected chi connectivity index (χ2v) is 5.25. The van der Waals surface area contributed by atoms with Gasteiger partial charge in [0.1, 0.15) is 5.75 Å². The van der Waals surface area contributed by atoms with Gasteiger partial charge < -0.3 is 15.0 Å². The van der Waals surface area contributed by atoms with Crippen LogP contribution in [0.2, 0.25) is 0 Å². The fourth-order valence-electron chi connectivity index (χ4n) is 2.86. The number of ether oxygens (including phenoxy) is 1. The Hall–Kier alpha value is -1.22. The molecule has 3 nitrogen and oxygen atoms in total. The first-order chi connectivity index (χ1) is 9.35. The van der Waals surface area contributed by atoms with Crippen molar-refractivity contribution in [2.45, 2.75) is 26.2 Å². The maximum absolute atomic E-state index is 5.75. The predicted molar refractivity (Wildman–Crippen MR) is 81.1 cm³/mol. The second kappa shape index (κ2) is 7.39. The van der Waals surface area contributed by atoms with E-state index in [0.717, 1.165) is 37.9 Å². The lowest BCUT2D eigenvalue weighted by Gasteiger charge is -2.35. The van der Waals surface area contributed by atoms with Crippen molar-refractivity contribution in [3.05, 3.63) is 24.3 Å². The van der Waals surface area contributed by atoms with Crippen LogP contribution in [0.15, 0.2) is 24.3 Å². The first-order valence-corrected chi connectivity index (χ1v) is 7.46. The average molecular weight is 262 g/mol. The van der Waals surface area contributed by atoms with Crippen LogP contribution in [-0.2, 0) is 0 Å². The maximum atomic E-state index is 5.75. The molecule has 0 aliphatic carbocycles. The molecule has 2 rings (SSSR count). The SMILES string of the molecule is CCOc1ccccc1N1CCCC(CCNC)C1. The smallest absolute Gasteiger partial charge is 0.142 e. The monoisotopic (exact) mass is 262 g/mol. The Labute approximate surface area is 116 Å². The third-order valence-corrected chi connectivity index (χ3v) is 3.83. The van der Waals surface area contributed by atoms with Gasteiger partial charge in [0.2, 0.25) is 0 Å². The van der Waals surface area contributed by atoms with Gasteiger partial charge >= 0.3 is 0 Å². The van der Waals surface area contributed by atoms with Crippen LogP contribution >= 0.6 is 0 Å². The first kappa shape index (κ1) is 14.2. The maximum Gasteiger partial charge on any atom is 0.142 e. The van der Waals surface area contributed by atoms with E-state index in [-0.39, 0.29) is 0 Å². The lowest BCUT2D eigenvalue weighted by molar-refractivity contribution is 0.336. The summed E-state index contributed by atoms with van der Waals surface area (Å²) in [5.41, 5.74) is 1.26. The van der Waals surface area contributed by atoms with Gasteiger partial charge in [0.05, 0.1) is 12.3 Å². The number of piperidine rings is 1. The van der Waals surface area contributed by atoms with Crippen LogP contribution in [0.25, 0.3) is 0 Å². The largest absolute Gasteiger partial charge is 0.492 e. The summed E-state index contributed by atoms with van der Waals surface area (Å²) in [5, 5.41) is 3.26.